The molecule has 1 aliphatic heterocycles. The fraction of sp³-hybridized carbons (Fsp3) is 0.846. The Balaban J connectivity index is 1.67. The van der Waals surface area contributed by atoms with Gasteiger partial charge < -0.3 is 20.5 Å². The molecule has 1 heterocycles. The first kappa shape index (κ1) is 14.1. The van der Waals surface area contributed by atoms with Gasteiger partial charge in [0, 0.05) is 6.54 Å². The summed E-state index contributed by atoms with van der Waals surface area (Å²) >= 11 is 0. The molecule has 1 atom stereocenters. The Bertz CT molecular complexity index is 340. The van der Waals surface area contributed by atoms with E-state index in [-0.39, 0.29) is 18.2 Å². The minimum atomic E-state index is -1.05. The molecular weight excluding hydrogens is 248 g/mol. The number of hydrogen-bond acceptors (Lipinski definition) is 3. The lowest BCUT2D eigenvalue weighted by atomic mass is 9.83. The van der Waals surface area contributed by atoms with Gasteiger partial charge in [-0.2, -0.15) is 0 Å². The van der Waals surface area contributed by atoms with Crippen LogP contribution in [0.5, 0.6) is 0 Å². The number of rotatable bonds is 4. The Labute approximate surface area is 112 Å². The van der Waals surface area contributed by atoms with Crippen molar-refractivity contribution in [2.45, 2.75) is 56.7 Å². The first-order chi connectivity index (χ1) is 9.10. The van der Waals surface area contributed by atoms with Crippen molar-refractivity contribution >= 4 is 12.0 Å². The summed E-state index contributed by atoms with van der Waals surface area (Å²) in [7, 11) is 0. The number of carbonyl (C=O) groups is 2. The molecule has 2 aliphatic rings. The summed E-state index contributed by atoms with van der Waals surface area (Å²) in [5, 5.41) is 13.4. The highest BCUT2D eigenvalue weighted by atomic mass is 16.5. The highest BCUT2D eigenvalue weighted by Gasteiger charge is 2.40. The third-order valence-electron chi connectivity index (χ3n) is 3.99. The van der Waals surface area contributed by atoms with Crippen LogP contribution in [-0.2, 0) is 9.53 Å². The number of nitrogens with one attached hydrogen (secondary N) is 2. The fourth-order valence-corrected chi connectivity index (χ4v) is 3.03. The van der Waals surface area contributed by atoms with Gasteiger partial charge in [-0.1, -0.05) is 19.3 Å². The Morgan fingerprint density at radius 3 is 2.58 bits per heavy atom. The second-order valence-corrected chi connectivity index (χ2v) is 5.48. The predicted molar refractivity (Wildman–Crippen MR) is 69.0 cm³/mol. The Morgan fingerprint density at radius 2 is 1.89 bits per heavy atom. The first-order valence-electron chi connectivity index (χ1n) is 7.01. The number of carboxylic acids is 1. The van der Waals surface area contributed by atoms with Crippen molar-refractivity contribution in [3.8, 4) is 0 Å². The summed E-state index contributed by atoms with van der Waals surface area (Å²) in [5.74, 6) is -1.05. The van der Waals surface area contributed by atoms with Crippen molar-refractivity contribution in [1.82, 2.24) is 10.6 Å². The van der Waals surface area contributed by atoms with Gasteiger partial charge in [0.25, 0.3) is 0 Å². The molecular formula is C13H22N2O4. The molecule has 2 fully saturated rings. The fourth-order valence-electron chi connectivity index (χ4n) is 3.03. The van der Waals surface area contributed by atoms with E-state index < -0.39 is 12.0 Å². The number of urea groups is 1. The maximum Gasteiger partial charge on any atom is 0.323 e. The van der Waals surface area contributed by atoms with Crippen LogP contribution in [0.1, 0.15) is 44.9 Å². The molecule has 1 saturated heterocycles. The lowest BCUT2D eigenvalue weighted by Gasteiger charge is -2.33. The molecule has 1 unspecified atom stereocenters. The molecule has 6 nitrogen and oxygen atoms in total. The minimum Gasteiger partial charge on any atom is -0.480 e. The molecule has 0 radical (unpaired) electrons. The van der Waals surface area contributed by atoms with E-state index in [1.54, 1.807) is 0 Å². The molecule has 1 spiro atoms. The zero-order valence-electron chi connectivity index (χ0n) is 11.1. The molecule has 6 heteroatoms. The van der Waals surface area contributed by atoms with Crippen molar-refractivity contribution in [1.29, 1.82) is 0 Å². The van der Waals surface area contributed by atoms with Crippen molar-refractivity contribution in [3.05, 3.63) is 0 Å². The summed E-state index contributed by atoms with van der Waals surface area (Å²) in [6, 6.07) is -0.449. The van der Waals surface area contributed by atoms with Crippen LogP contribution < -0.4 is 10.6 Å². The topological polar surface area (TPSA) is 87.7 Å². The molecule has 2 amide bonds. The highest BCUT2D eigenvalue weighted by Crippen LogP contribution is 2.41. The molecule has 1 saturated carbocycles. The van der Waals surface area contributed by atoms with Gasteiger partial charge in [-0.15, -0.1) is 0 Å². The van der Waals surface area contributed by atoms with E-state index >= 15 is 0 Å². The molecule has 0 bridgehead atoms. The van der Waals surface area contributed by atoms with E-state index in [1.807, 2.05) is 0 Å². The molecule has 0 aromatic carbocycles. The lowest BCUT2D eigenvalue weighted by molar-refractivity contribution is -0.135. The molecule has 19 heavy (non-hydrogen) atoms. The van der Waals surface area contributed by atoms with Gasteiger partial charge >= 0.3 is 12.0 Å². The summed E-state index contributed by atoms with van der Waals surface area (Å²) < 4.78 is 6.11. The third kappa shape index (κ3) is 4.09. The minimum absolute atomic E-state index is 0.0577. The van der Waals surface area contributed by atoms with Crippen LogP contribution >= 0.6 is 0 Å². The Morgan fingerprint density at radius 1 is 1.16 bits per heavy atom. The van der Waals surface area contributed by atoms with Gasteiger partial charge in [0.15, 0.2) is 0 Å². The average Bonchev–Trinajstić information content (AvgIpc) is 2.78. The summed E-state index contributed by atoms with van der Waals surface area (Å²) in [6.07, 6.45) is 8.15. The van der Waals surface area contributed by atoms with E-state index in [2.05, 4.69) is 10.6 Å². The van der Waals surface area contributed by atoms with Crippen molar-refractivity contribution in [2.24, 2.45) is 0 Å². The van der Waals surface area contributed by atoms with Crippen LogP contribution in [-0.4, -0.2) is 41.9 Å². The van der Waals surface area contributed by atoms with Crippen LogP contribution in [0.2, 0.25) is 0 Å². The second-order valence-electron chi connectivity index (χ2n) is 5.48. The standard InChI is InChI=1S/C13H22N2O4/c16-11(17)9-15-12(18)14-8-10-4-7-13(19-10)5-2-1-3-6-13/h10H,1-9H2,(H,16,17)(H2,14,15,18). The third-order valence-corrected chi connectivity index (χ3v) is 3.99. The van der Waals surface area contributed by atoms with Gasteiger partial charge in [0.1, 0.15) is 6.54 Å². The lowest BCUT2D eigenvalue weighted by Crippen LogP contribution is -2.42. The smallest absolute Gasteiger partial charge is 0.323 e. The van der Waals surface area contributed by atoms with Crippen LogP contribution in [0, 0.1) is 0 Å². The maximum absolute atomic E-state index is 11.3. The van der Waals surface area contributed by atoms with E-state index in [9.17, 15) is 9.59 Å². The zero-order valence-corrected chi connectivity index (χ0v) is 11.1. The zero-order chi connectivity index (χ0) is 13.7. The molecule has 0 aromatic heterocycles. The number of carbonyl (C=O) groups excluding carboxylic acids is 1. The van der Waals surface area contributed by atoms with E-state index in [1.165, 1.54) is 19.3 Å². The van der Waals surface area contributed by atoms with Crippen LogP contribution in [0.4, 0.5) is 4.79 Å². The predicted octanol–water partition coefficient (Wildman–Crippen LogP) is 1.25. The quantitative estimate of drug-likeness (QED) is 0.717. The largest absolute Gasteiger partial charge is 0.480 e. The Hall–Kier alpha value is -1.30. The van der Waals surface area contributed by atoms with Crippen molar-refractivity contribution in [3.63, 3.8) is 0 Å². The van der Waals surface area contributed by atoms with E-state index in [0.717, 1.165) is 25.7 Å². The Kier molecular flexibility index (Phi) is 4.63. The van der Waals surface area contributed by atoms with Gasteiger partial charge in [0.05, 0.1) is 11.7 Å². The average molecular weight is 270 g/mol. The normalized spacial score (nSPS) is 25.2. The molecule has 2 rings (SSSR count). The van der Waals surface area contributed by atoms with Crippen LogP contribution in [0.3, 0.4) is 0 Å². The van der Waals surface area contributed by atoms with Crippen molar-refractivity contribution in [2.75, 3.05) is 13.1 Å². The monoisotopic (exact) mass is 270 g/mol. The molecule has 108 valence electrons. The van der Waals surface area contributed by atoms with Gasteiger partial charge in [-0.3, -0.25) is 4.79 Å². The summed E-state index contributed by atoms with van der Waals surface area (Å²) in [5.41, 5.74) is 0.0577. The summed E-state index contributed by atoms with van der Waals surface area (Å²) in [6.45, 7) is 0.0918. The highest BCUT2D eigenvalue weighted by molar-refractivity contribution is 5.79. The van der Waals surface area contributed by atoms with E-state index in [0.29, 0.717) is 6.54 Å². The SMILES string of the molecule is O=C(O)CNC(=O)NCC1CCC2(CCCCC2)O1. The van der Waals surface area contributed by atoms with Gasteiger partial charge in [-0.05, 0) is 25.7 Å². The number of ether oxygens (including phenoxy) is 1. The first-order valence-corrected chi connectivity index (χ1v) is 7.01. The van der Waals surface area contributed by atoms with Crippen LogP contribution in [0.15, 0.2) is 0 Å². The summed E-state index contributed by atoms with van der Waals surface area (Å²) in [4.78, 5) is 21.6. The van der Waals surface area contributed by atoms with Gasteiger partial charge in [0.2, 0.25) is 0 Å². The van der Waals surface area contributed by atoms with E-state index in [4.69, 9.17) is 9.84 Å². The number of amides is 2. The van der Waals surface area contributed by atoms with Gasteiger partial charge in [-0.25, -0.2) is 4.79 Å². The second kappa shape index (κ2) is 6.23. The molecule has 3 N–H and O–H groups in total. The molecule has 0 aromatic rings. The molecule has 1 aliphatic carbocycles. The number of hydrogen-bond donors (Lipinski definition) is 3. The number of carboxylic acid groups (broad SMARTS) is 1. The number of aliphatic carboxylic acids is 1. The maximum atomic E-state index is 11.3. The van der Waals surface area contributed by atoms with Crippen LogP contribution in [0.25, 0.3) is 0 Å². The van der Waals surface area contributed by atoms with Crippen molar-refractivity contribution < 1.29 is 19.4 Å².